The van der Waals surface area contributed by atoms with Crippen molar-refractivity contribution in [1.29, 1.82) is 0 Å². The Balaban J connectivity index is 2.55. The average molecular weight is 293 g/mol. The fraction of sp³-hybridized carbons (Fsp3) is 0.417. The summed E-state index contributed by atoms with van der Waals surface area (Å²) in [7, 11) is 0. The van der Waals surface area contributed by atoms with Crippen molar-refractivity contribution in [2.24, 2.45) is 5.92 Å². The van der Waals surface area contributed by atoms with Gasteiger partial charge in [0.25, 0.3) is 0 Å². The van der Waals surface area contributed by atoms with Gasteiger partial charge in [-0.1, -0.05) is 30.1 Å². The van der Waals surface area contributed by atoms with Gasteiger partial charge in [0.05, 0.1) is 17.5 Å². The van der Waals surface area contributed by atoms with Crippen molar-refractivity contribution in [1.82, 2.24) is 0 Å². The highest BCUT2D eigenvalue weighted by molar-refractivity contribution is 7.99. The summed E-state index contributed by atoms with van der Waals surface area (Å²) in [6.07, 6.45) is 0. The molecule has 0 saturated heterocycles. The monoisotopic (exact) mass is 292 g/mol. The van der Waals surface area contributed by atoms with Gasteiger partial charge in [0, 0.05) is 15.7 Å². The normalized spacial score (nSPS) is 12.2. The second kappa shape index (κ2) is 7.14. The van der Waals surface area contributed by atoms with E-state index in [1.165, 1.54) is 11.8 Å². The van der Waals surface area contributed by atoms with E-state index in [9.17, 15) is 4.79 Å². The first kappa shape index (κ1) is 14.7. The predicted octanol–water partition coefficient (Wildman–Crippen LogP) is 4.28. The molecule has 94 valence electrons. The first-order chi connectivity index (χ1) is 8.04. The quantitative estimate of drug-likeness (QED) is 0.598. The van der Waals surface area contributed by atoms with Crippen LogP contribution in [0.25, 0.3) is 0 Å². The van der Waals surface area contributed by atoms with Gasteiger partial charge < -0.3 is 4.74 Å². The van der Waals surface area contributed by atoms with E-state index in [-0.39, 0.29) is 11.9 Å². The van der Waals surface area contributed by atoms with E-state index in [0.29, 0.717) is 22.4 Å². The Morgan fingerprint density at radius 3 is 2.82 bits per heavy atom. The van der Waals surface area contributed by atoms with Gasteiger partial charge in [-0.15, -0.1) is 11.8 Å². The number of thioether (sulfide) groups is 1. The summed E-state index contributed by atoms with van der Waals surface area (Å²) in [6, 6.07) is 5.29. The molecule has 0 N–H and O–H groups in total. The van der Waals surface area contributed by atoms with Crippen LogP contribution in [-0.2, 0) is 9.53 Å². The van der Waals surface area contributed by atoms with Crippen molar-refractivity contribution in [3.8, 4) is 0 Å². The largest absolute Gasteiger partial charge is 0.466 e. The molecule has 0 aliphatic heterocycles. The highest BCUT2D eigenvalue weighted by Crippen LogP contribution is 2.31. The molecule has 1 rings (SSSR count). The molecule has 2 nitrogen and oxygen atoms in total. The summed E-state index contributed by atoms with van der Waals surface area (Å²) in [5.41, 5.74) is 0. The Hall–Kier alpha value is -0.380. The maximum absolute atomic E-state index is 11.4. The molecule has 0 aliphatic rings. The van der Waals surface area contributed by atoms with Gasteiger partial charge in [0.15, 0.2) is 0 Å². The highest BCUT2D eigenvalue weighted by Gasteiger charge is 2.15. The van der Waals surface area contributed by atoms with Gasteiger partial charge in [-0.05, 0) is 25.1 Å². The number of carbonyl (C=O) groups excluding carboxylic acids is 1. The summed E-state index contributed by atoms with van der Waals surface area (Å²) in [5, 5.41) is 1.29. The first-order valence-corrected chi connectivity index (χ1v) is 7.03. The van der Waals surface area contributed by atoms with E-state index < -0.39 is 0 Å². The maximum Gasteiger partial charge on any atom is 0.309 e. The Kier molecular flexibility index (Phi) is 6.17. The minimum Gasteiger partial charge on any atom is -0.466 e. The van der Waals surface area contributed by atoms with Gasteiger partial charge in [0.1, 0.15) is 0 Å². The fourth-order valence-electron chi connectivity index (χ4n) is 1.16. The van der Waals surface area contributed by atoms with Gasteiger partial charge in [-0.25, -0.2) is 0 Å². The molecule has 1 aromatic carbocycles. The van der Waals surface area contributed by atoms with Gasteiger partial charge >= 0.3 is 5.97 Å². The lowest BCUT2D eigenvalue weighted by atomic mass is 10.2. The number of esters is 1. The summed E-state index contributed by atoms with van der Waals surface area (Å²) in [6.45, 7) is 4.04. The number of carbonyl (C=O) groups is 1. The van der Waals surface area contributed by atoms with Crippen LogP contribution >= 0.6 is 35.0 Å². The summed E-state index contributed by atoms with van der Waals surface area (Å²) >= 11 is 13.4. The van der Waals surface area contributed by atoms with Crippen molar-refractivity contribution in [3.05, 3.63) is 28.2 Å². The van der Waals surface area contributed by atoms with E-state index in [1.807, 2.05) is 6.92 Å². The molecular formula is C12H14Cl2O2S. The molecule has 0 saturated carbocycles. The van der Waals surface area contributed by atoms with Gasteiger partial charge in [-0.3, -0.25) is 4.79 Å². The number of rotatable bonds is 5. The van der Waals surface area contributed by atoms with Crippen LogP contribution in [0.1, 0.15) is 13.8 Å². The van der Waals surface area contributed by atoms with E-state index >= 15 is 0 Å². The number of halogens is 2. The van der Waals surface area contributed by atoms with Crippen LogP contribution in [0, 0.1) is 5.92 Å². The number of benzene rings is 1. The van der Waals surface area contributed by atoms with E-state index in [0.717, 1.165) is 4.90 Å². The minimum absolute atomic E-state index is 0.157. The van der Waals surface area contributed by atoms with Crippen LogP contribution in [0.15, 0.2) is 23.1 Å². The lowest BCUT2D eigenvalue weighted by Gasteiger charge is -2.10. The number of ether oxygens (including phenoxy) is 1. The Labute approximate surface area is 116 Å². The van der Waals surface area contributed by atoms with Gasteiger partial charge in [-0.2, -0.15) is 0 Å². The first-order valence-electron chi connectivity index (χ1n) is 5.29. The van der Waals surface area contributed by atoms with Crippen LogP contribution in [0.5, 0.6) is 0 Å². The van der Waals surface area contributed by atoms with Crippen molar-refractivity contribution < 1.29 is 9.53 Å². The molecule has 1 unspecified atom stereocenters. The third-order valence-electron chi connectivity index (χ3n) is 2.07. The smallest absolute Gasteiger partial charge is 0.309 e. The van der Waals surface area contributed by atoms with Crippen molar-refractivity contribution in [2.45, 2.75) is 18.7 Å². The zero-order valence-electron chi connectivity index (χ0n) is 9.70. The Morgan fingerprint density at radius 1 is 1.47 bits per heavy atom. The number of hydrogen-bond donors (Lipinski definition) is 0. The third kappa shape index (κ3) is 4.78. The third-order valence-corrected chi connectivity index (χ3v) is 4.06. The van der Waals surface area contributed by atoms with Crippen LogP contribution in [0.2, 0.25) is 10.0 Å². The van der Waals surface area contributed by atoms with E-state index in [4.69, 9.17) is 27.9 Å². The minimum atomic E-state index is -0.182. The standard InChI is InChI=1S/C12H14Cl2O2S/c1-3-16-12(15)8(2)7-17-11-6-9(13)4-5-10(11)14/h4-6,8H,3,7H2,1-2H3. The Morgan fingerprint density at radius 2 is 2.18 bits per heavy atom. The highest BCUT2D eigenvalue weighted by atomic mass is 35.5. The van der Waals surface area contributed by atoms with Crippen LogP contribution in [0.3, 0.4) is 0 Å². The fourth-order valence-corrected chi connectivity index (χ4v) is 2.66. The molecule has 5 heteroatoms. The van der Waals surface area contributed by atoms with Crippen LogP contribution in [0.4, 0.5) is 0 Å². The second-order valence-corrected chi connectivity index (χ2v) is 5.44. The maximum atomic E-state index is 11.4. The van der Waals surface area contributed by atoms with E-state index in [1.54, 1.807) is 25.1 Å². The Bertz CT molecular complexity index is 396. The summed E-state index contributed by atoms with van der Waals surface area (Å²) in [4.78, 5) is 12.3. The molecule has 0 heterocycles. The molecular weight excluding hydrogens is 279 g/mol. The average Bonchev–Trinajstić information content (AvgIpc) is 2.30. The van der Waals surface area contributed by atoms with Crippen LogP contribution < -0.4 is 0 Å². The van der Waals surface area contributed by atoms with Crippen molar-refractivity contribution in [3.63, 3.8) is 0 Å². The summed E-state index contributed by atoms with van der Waals surface area (Å²) < 4.78 is 4.93. The molecule has 1 aromatic rings. The lowest BCUT2D eigenvalue weighted by Crippen LogP contribution is -2.16. The topological polar surface area (TPSA) is 26.3 Å². The molecule has 0 aromatic heterocycles. The predicted molar refractivity (Wildman–Crippen MR) is 73.0 cm³/mol. The molecule has 0 aliphatic carbocycles. The molecule has 0 bridgehead atoms. The molecule has 0 radical (unpaired) electrons. The van der Waals surface area contributed by atoms with Crippen LogP contribution in [-0.4, -0.2) is 18.3 Å². The van der Waals surface area contributed by atoms with Crippen molar-refractivity contribution >= 4 is 40.9 Å². The van der Waals surface area contributed by atoms with Gasteiger partial charge in [0.2, 0.25) is 0 Å². The van der Waals surface area contributed by atoms with E-state index in [2.05, 4.69) is 0 Å². The summed E-state index contributed by atoms with van der Waals surface area (Å²) in [5.74, 6) is 0.284. The molecule has 0 fully saturated rings. The lowest BCUT2D eigenvalue weighted by molar-refractivity contribution is -0.146. The van der Waals surface area contributed by atoms with Crippen molar-refractivity contribution in [2.75, 3.05) is 12.4 Å². The molecule has 0 amide bonds. The zero-order valence-corrected chi connectivity index (χ0v) is 12.0. The second-order valence-electron chi connectivity index (χ2n) is 3.54. The molecule has 17 heavy (non-hydrogen) atoms. The SMILES string of the molecule is CCOC(=O)C(C)CSc1cc(Cl)ccc1Cl. The zero-order chi connectivity index (χ0) is 12.8. The molecule has 1 atom stereocenters. The molecule has 0 spiro atoms. The number of hydrogen-bond acceptors (Lipinski definition) is 3.